The first-order valence-corrected chi connectivity index (χ1v) is 6.75. The van der Waals surface area contributed by atoms with Gasteiger partial charge in [-0.15, -0.1) is 0 Å². The smallest absolute Gasteiger partial charge is 0.335 e. The number of carboxylic acid groups (broad SMARTS) is 1. The number of imidazole rings is 1. The Kier molecular flexibility index (Phi) is 3.28. The van der Waals surface area contributed by atoms with Crippen LogP contribution in [0.15, 0.2) is 30.6 Å². The number of carboxylic acids is 1. The first kappa shape index (κ1) is 12.9. The molecule has 5 heteroatoms. The topological polar surface area (TPSA) is 58.4 Å². The Labute approximate surface area is 117 Å². The fourth-order valence-corrected chi connectivity index (χ4v) is 2.69. The van der Waals surface area contributed by atoms with Gasteiger partial charge in [-0.3, -0.25) is 4.90 Å². The Balaban J connectivity index is 1.75. The summed E-state index contributed by atoms with van der Waals surface area (Å²) in [5.41, 5.74) is 2.68. The highest BCUT2D eigenvalue weighted by Crippen LogP contribution is 2.25. The minimum absolute atomic E-state index is 0.362. The van der Waals surface area contributed by atoms with Crippen LogP contribution in [0.1, 0.15) is 34.2 Å². The molecular formula is C15H17N3O2. The van der Waals surface area contributed by atoms with Crippen LogP contribution in [0.3, 0.4) is 0 Å². The van der Waals surface area contributed by atoms with Gasteiger partial charge in [0.15, 0.2) is 0 Å². The summed E-state index contributed by atoms with van der Waals surface area (Å²) >= 11 is 0. The summed E-state index contributed by atoms with van der Waals surface area (Å²) in [5, 5.41) is 9.03. The summed E-state index contributed by atoms with van der Waals surface area (Å²) in [6, 6.07) is 5.38. The quantitative estimate of drug-likeness (QED) is 0.925. The number of aromatic carboxylic acids is 1. The van der Waals surface area contributed by atoms with E-state index in [0.29, 0.717) is 5.56 Å². The van der Waals surface area contributed by atoms with E-state index >= 15 is 0 Å². The standard InChI is InChI=1S/C15H17N3O2/c1-2-18-6-5-16-14(18)10-17-8-12-4-3-11(15(19)20)7-13(12)9-17/h3-7H,2,8-10H2,1H3,(H,19,20). The third-order valence-corrected chi connectivity index (χ3v) is 3.75. The van der Waals surface area contributed by atoms with E-state index in [0.717, 1.165) is 37.6 Å². The van der Waals surface area contributed by atoms with Crippen LogP contribution in [0.5, 0.6) is 0 Å². The maximum Gasteiger partial charge on any atom is 0.335 e. The average molecular weight is 271 g/mol. The van der Waals surface area contributed by atoms with Gasteiger partial charge < -0.3 is 9.67 Å². The number of nitrogens with zero attached hydrogens (tertiary/aromatic N) is 3. The Morgan fingerprint density at radius 1 is 1.35 bits per heavy atom. The molecule has 1 aliphatic rings. The lowest BCUT2D eigenvalue weighted by atomic mass is 10.1. The number of aromatic nitrogens is 2. The highest BCUT2D eigenvalue weighted by molar-refractivity contribution is 5.87. The molecular weight excluding hydrogens is 254 g/mol. The normalized spacial score (nSPS) is 14.4. The van der Waals surface area contributed by atoms with Crippen molar-refractivity contribution < 1.29 is 9.90 Å². The molecule has 0 saturated heterocycles. The molecule has 0 spiro atoms. The number of fused-ring (bicyclic) bond motifs is 1. The van der Waals surface area contributed by atoms with E-state index in [1.807, 2.05) is 18.5 Å². The largest absolute Gasteiger partial charge is 0.478 e. The maximum absolute atomic E-state index is 11.0. The molecule has 0 saturated carbocycles. The Bertz CT molecular complexity index is 648. The van der Waals surface area contributed by atoms with E-state index in [1.165, 1.54) is 5.56 Å². The predicted octanol–water partition coefficient (Wildman–Crippen LogP) is 2.12. The molecule has 1 aromatic carbocycles. The summed E-state index contributed by atoms with van der Waals surface area (Å²) < 4.78 is 2.13. The van der Waals surface area contributed by atoms with Gasteiger partial charge in [0.2, 0.25) is 0 Å². The Morgan fingerprint density at radius 2 is 2.15 bits per heavy atom. The fraction of sp³-hybridized carbons (Fsp3) is 0.333. The van der Waals surface area contributed by atoms with Gasteiger partial charge in [0.25, 0.3) is 0 Å². The second kappa shape index (κ2) is 5.09. The van der Waals surface area contributed by atoms with Crippen molar-refractivity contribution in [1.82, 2.24) is 14.5 Å². The molecule has 0 fully saturated rings. The van der Waals surface area contributed by atoms with Crippen molar-refractivity contribution in [2.24, 2.45) is 0 Å². The molecule has 0 aliphatic carbocycles. The molecule has 1 aliphatic heterocycles. The van der Waals surface area contributed by atoms with Crippen molar-refractivity contribution in [1.29, 1.82) is 0 Å². The molecule has 5 nitrogen and oxygen atoms in total. The van der Waals surface area contributed by atoms with Crippen LogP contribution in [-0.4, -0.2) is 25.5 Å². The summed E-state index contributed by atoms with van der Waals surface area (Å²) in [6.45, 7) is 5.44. The third-order valence-electron chi connectivity index (χ3n) is 3.75. The van der Waals surface area contributed by atoms with Crippen LogP contribution in [0.2, 0.25) is 0 Å². The highest BCUT2D eigenvalue weighted by atomic mass is 16.4. The summed E-state index contributed by atoms with van der Waals surface area (Å²) in [4.78, 5) is 17.7. The zero-order valence-corrected chi connectivity index (χ0v) is 11.4. The molecule has 0 atom stereocenters. The molecule has 0 radical (unpaired) electrons. The number of hydrogen-bond acceptors (Lipinski definition) is 3. The van der Waals surface area contributed by atoms with Gasteiger partial charge in [-0.2, -0.15) is 0 Å². The number of rotatable bonds is 4. The zero-order chi connectivity index (χ0) is 14.1. The molecule has 0 unspecified atom stereocenters. The van der Waals surface area contributed by atoms with Gasteiger partial charge in [0, 0.05) is 32.0 Å². The number of hydrogen-bond donors (Lipinski definition) is 1. The van der Waals surface area contributed by atoms with Crippen LogP contribution in [0.25, 0.3) is 0 Å². The van der Waals surface area contributed by atoms with Crippen molar-refractivity contribution in [3.8, 4) is 0 Å². The van der Waals surface area contributed by atoms with E-state index in [2.05, 4.69) is 21.4 Å². The van der Waals surface area contributed by atoms with E-state index < -0.39 is 5.97 Å². The fourth-order valence-electron chi connectivity index (χ4n) is 2.69. The molecule has 1 N–H and O–H groups in total. The van der Waals surface area contributed by atoms with Crippen LogP contribution in [0.4, 0.5) is 0 Å². The zero-order valence-electron chi connectivity index (χ0n) is 11.4. The molecule has 20 heavy (non-hydrogen) atoms. The van der Waals surface area contributed by atoms with Crippen molar-refractivity contribution in [2.75, 3.05) is 0 Å². The van der Waals surface area contributed by atoms with Crippen LogP contribution >= 0.6 is 0 Å². The predicted molar refractivity (Wildman–Crippen MR) is 74.3 cm³/mol. The van der Waals surface area contributed by atoms with Gasteiger partial charge in [0.05, 0.1) is 12.1 Å². The van der Waals surface area contributed by atoms with Crippen molar-refractivity contribution >= 4 is 5.97 Å². The average Bonchev–Trinajstić information content (AvgIpc) is 3.03. The van der Waals surface area contributed by atoms with E-state index in [-0.39, 0.29) is 0 Å². The lowest BCUT2D eigenvalue weighted by Crippen LogP contribution is -2.18. The summed E-state index contributed by atoms with van der Waals surface area (Å²) in [5.74, 6) is 0.187. The lowest BCUT2D eigenvalue weighted by molar-refractivity contribution is 0.0696. The second-order valence-electron chi connectivity index (χ2n) is 5.06. The van der Waals surface area contributed by atoms with Crippen molar-refractivity contribution in [3.05, 3.63) is 53.1 Å². The summed E-state index contributed by atoms with van der Waals surface area (Å²) in [7, 11) is 0. The van der Waals surface area contributed by atoms with E-state index in [1.54, 1.807) is 12.1 Å². The van der Waals surface area contributed by atoms with Crippen molar-refractivity contribution in [2.45, 2.75) is 33.1 Å². The van der Waals surface area contributed by atoms with Gasteiger partial charge in [-0.05, 0) is 30.2 Å². The second-order valence-corrected chi connectivity index (χ2v) is 5.06. The number of benzene rings is 1. The first-order valence-electron chi connectivity index (χ1n) is 6.75. The van der Waals surface area contributed by atoms with Gasteiger partial charge >= 0.3 is 5.97 Å². The monoisotopic (exact) mass is 271 g/mol. The van der Waals surface area contributed by atoms with E-state index in [4.69, 9.17) is 5.11 Å². The highest BCUT2D eigenvalue weighted by Gasteiger charge is 2.21. The van der Waals surface area contributed by atoms with Gasteiger partial charge in [-0.25, -0.2) is 9.78 Å². The molecule has 0 bridgehead atoms. The van der Waals surface area contributed by atoms with Crippen LogP contribution < -0.4 is 0 Å². The SMILES string of the molecule is CCn1ccnc1CN1Cc2ccc(C(=O)O)cc2C1. The first-order chi connectivity index (χ1) is 9.67. The molecule has 1 aromatic heterocycles. The minimum Gasteiger partial charge on any atom is -0.478 e. The molecule has 0 amide bonds. The Morgan fingerprint density at radius 3 is 2.90 bits per heavy atom. The third kappa shape index (κ3) is 2.32. The maximum atomic E-state index is 11.0. The molecule has 2 heterocycles. The number of carbonyl (C=O) groups is 1. The van der Waals surface area contributed by atoms with Gasteiger partial charge in [-0.1, -0.05) is 6.07 Å². The lowest BCUT2D eigenvalue weighted by Gasteiger charge is -2.14. The summed E-state index contributed by atoms with van der Waals surface area (Å²) in [6.07, 6.45) is 3.81. The number of aryl methyl sites for hydroxylation is 1. The van der Waals surface area contributed by atoms with E-state index in [9.17, 15) is 4.79 Å². The van der Waals surface area contributed by atoms with Crippen LogP contribution in [-0.2, 0) is 26.2 Å². The minimum atomic E-state index is -0.868. The Hall–Kier alpha value is -2.14. The van der Waals surface area contributed by atoms with Crippen LogP contribution in [0, 0.1) is 0 Å². The molecule has 2 aromatic rings. The van der Waals surface area contributed by atoms with Crippen molar-refractivity contribution in [3.63, 3.8) is 0 Å². The molecule has 3 rings (SSSR count). The molecule has 104 valence electrons. The van der Waals surface area contributed by atoms with Gasteiger partial charge in [0.1, 0.15) is 5.82 Å².